The molecule has 0 unspecified atom stereocenters. The lowest BCUT2D eigenvalue weighted by Gasteiger charge is -2.27. The molecule has 0 spiro atoms. The zero-order chi connectivity index (χ0) is 28.1. The third-order valence-corrected chi connectivity index (χ3v) is 6.07. The molecule has 0 bridgehead atoms. The first-order chi connectivity index (χ1) is 17.1. The number of fused-ring (bicyclic) bond motifs is 1. The summed E-state index contributed by atoms with van der Waals surface area (Å²) in [4.78, 5) is 3.50. The quantitative estimate of drug-likeness (QED) is 0.232. The van der Waals surface area contributed by atoms with E-state index in [1.54, 1.807) is 0 Å². The van der Waals surface area contributed by atoms with E-state index in [4.69, 9.17) is 0 Å². The molecule has 0 saturated heterocycles. The van der Waals surface area contributed by atoms with Crippen molar-refractivity contribution in [1.82, 2.24) is 4.98 Å². The van der Waals surface area contributed by atoms with Gasteiger partial charge in [0.25, 0.3) is 0 Å². The molecule has 36 heavy (non-hydrogen) atoms. The standard InChI is InChI=1S/C13H17N.C12H20.C5H12.C2H7P.C2H4/c1-3-7-10-11-8-5-6-9-13(11)14-12(10)4-2;1-4-10(3)12-8-6-11(5-2)7-9-12;1-5(2,3)4;1-3-2;1-2/h5-6,8-9,14H,3-4,7H2,1-2H3;11-12H,1,5-9H2,2-3H3;1-4H3;3H,1-2H3;1-2H2. The second-order valence-corrected chi connectivity index (χ2v) is 12.2. The first kappa shape index (κ1) is 36.6. The highest BCUT2D eigenvalue weighted by Gasteiger charge is 2.20. The lowest BCUT2D eigenvalue weighted by atomic mass is 9.78. The SMILES string of the molecule is C=C.C=C=C(C)C1CCC(CC)CC1.CC(C)(C)C.CCCc1c(CC)[nH]c2ccccc12.CPC. The Kier molecular flexibility index (Phi) is 21.9. The summed E-state index contributed by atoms with van der Waals surface area (Å²) >= 11 is 0. The highest BCUT2D eigenvalue weighted by molar-refractivity contribution is 7.35. The van der Waals surface area contributed by atoms with Crippen molar-refractivity contribution in [3.8, 4) is 0 Å². The molecule has 1 aromatic heterocycles. The van der Waals surface area contributed by atoms with Crippen molar-refractivity contribution >= 4 is 19.5 Å². The first-order valence-corrected chi connectivity index (χ1v) is 16.1. The van der Waals surface area contributed by atoms with Crippen LogP contribution < -0.4 is 0 Å². The van der Waals surface area contributed by atoms with Crippen molar-refractivity contribution in [2.75, 3.05) is 13.3 Å². The second kappa shape index (κ2) is 21.5. The van der Waals surface area contributed by atoms with Crippen molar-refractivity contribution in [2.45, 2.75) is 107 Å². The Morgan fingerprint density at radius 1 is 1.00 bits per heavy atom. The summed E-state index contributed by atoms with van der Waals surface area (Å²) in [7, 11) is 1.08. The van der Waals surface area contributed by atoms with Gasteiger partial charge in [0.2, 0.25) is 0 Å². The van der Waals surface area contributed by atoms with E-state index in [1.165, 1.54) is 72.7 Å². The molecular formula is C34H60NP. The highest BCUT2D eigenvalue weighted by atomic mass is 31.1. The van der Waals surface area contributed by atoms with Crippen LogP contribution in [0.4, 0.5) is 0 Å². The minimum absolute atomic E-state index is 0.500. The van der Waals surface area contributed by atoms with Gasteiger partial charge in [0.1, 0.15) is 0 Å². The van der Waals surface area contributed by atoms with Gasteiger partial charge >= 0.3 is 0 Å². The predicted octanol–water partition coefficient (Wildman–Crippen LogP) is 11.4. The number of aromatic nitrogens is 1. The van der Waals surface area contributed by atoms with E-state index in [0.29, 0.717) is 5.41 Å². The molecule has 1 nitrogen and oxygen atoms in total. The normalized spacial score (nSPS) is 16.4. The molecule has 3 rings (SSSR count). The first-order valence-electron chi connectivity index (χ1n) is 14.1. The van der Waals surface area contributed by atoms with Crippen LogP contribution in [0, 0.1) is 17.3 Å². The Bertz CT molecular complexity index is 834. The van der Waals surface area contributed by atoms with Crippen LogP contribution in [0.3, 0.4) is 0 Å². The lowest BCUT2D eigenvalue weighted by molar-refractivity contribution is 0.295. The van der Waals surface area contributed by atoms with E-state index in [-0.39, 0.29) is 0 Å². The molecule has 1 fully saturated rings. The molecule has 1 heterocycles. The van der Waals surface area contributed by atoms with Crippen LogP contribution in [0.15, 0.2) is 55.3 Å². The third kappa shape index (κ3) is 16.2. The monoisotopic (exact) mass is 513 g/mol. The largest absolute Gasteiger partial charge is 0.358 e. The van der Waals surface area contributed by atoms with Gasteiger partial charge in [-0.15, -0.1) is 27.5 Å². The van der Waals surface area contributed by atoms with Gasteiger partial charge in [-0.3, -0.25) is 0 Å². The topological polar surface area (TPSA) is 15.8 Å². The maximum atomic E-state index is 3.71. The fraction of sp³-hybridized carbons (Fsp3) is 0.618. The number of allylic oxidation sites excluding steroid dienone is 1. The van der Waals surface area contributed by atoms with Gasteiger partial charge in [0.15, 0.2) is 0 Å². The summed E-state index contributed by atoms with van der Waals surface area (Å²) in [6.07, 6.45) is 10.4. The summed E-state index contributed by atoms with van der Waals surface area (Å²) in [6.45, 7) is 31.7. The summed E-state index contributed by atoms with van der Waals surface area (Å²) in [5.74, 6) is 1.80. The molecule has 0 atom stereocenters. The van der Waals surface area contributed by atoms with Crippen LogP contribution in [0.25, 0.3) is 10.9 Å². The number of benzene rings is 1. The average Bonchev–Trinajstić information content (AvgIpc) is 3.22. The number of aromatic amines is 1. The van der Waals surface area contributed by atoms with Crippen molar-refractivity contribution in [3.05, 3.63) is 66.6 Å². The molecule has 0 radical (unpaired) electrons. The number of hydrogen-bond acceptors (Lipinski definition) is 0. The number of hydrogen-bond donors (Lipinski definition) is 1. The zero-order valence-electron chi connectivity index (χ0n) is 25.7. The fourth-order valence-corrected chi connectivity index (χ4v) is 4.24. The zero-order valence-corrected chi connectivity index (χ0v) is 26.7. The van der Waals surface area contributed by atoms with E-state index in [9.17, 15) is 0 Å². The van der Waals surface area contributed by atoms with Crippen molar-refractivity contribution < 1.29 is 0 Å². The Hall–Kier alpha value is -1.55. The molecule has 0 amide bonds. The van der Waals surface area contributed by atoms with Crippen LogP contribution in [0.2, 0.25) is 0 Å². The number of para-hydroxylation sites is 1. The molecule has 1 N–H and O–H groups in total. The maximum absolute atomic E-state index is 3.71. The Morgan fingerprint density at radius 3 is 1.92 bits per heavy atom. The van der Waals surface area contributed by atoms with Gasteiger partial charge in [0.05, 0.1) is 0 Å². The van der Waals surface area contributed by atoms with Gasteiger partial charge in [-0.1, -0.05) is 86.1 Å². The van der Waals surface area contributed by atoms with Crippen molar-refractivity contribution in [1.29, 1.82) is 0 Å². The van der Waals surface area contributed by atoms with E-state index in [2.05, 4.69) is 123 Å². The minimum Gasteiger partial charge on any atom is -0.358 e. The van der Waals surface area contributed by atoms with Gasteiger partial charge in [-0.25, -0.2) is 0 Å². The second-order valence-electron chi connectivity index (χ2n) is 11.2. The van der Waals surface area contributed by atoms with Crippen LogP contribution in [-0.4, -0.2) is 18.3 Å². The number of aryl methyl sites for hydroxylation is 2. The highest BCUT2D eigenvalue weighted by Crippen LogP contribution is 2.33. The Morgan fingerprint density at radius 2 is 1.50 bits per heavy atom. The number of H-pyrrole nitrogens is 1. The van der Waals surface area contributed by atoms with E-state index < -0.39 is 0 Å². The van der Waals surface area contributed by atoms with Crippen molar-refractivity contribution in [3.63, 3.8) is 0 Å². The van der Waals surface area contributed by atoms with E-state index in [0.717, 1.165) is 26.8 Å². The molecule has 206 valence electrons. The molecule has 2 heteroatoms. The predicted molar refractivity (Wildman–Crippen MR) is 172 cm³/mol. The summed E-state index contributed by atoms with van der Waals surface area (Å²) in [5, 5.41) is 1.41. The van der Waals surface area contributed by atoms with Crippen LogP contribution >= 0.6 is 8.58 Å². The smallest absolute Gasteiger partial charge is 0.0458 e. The molecule has 1 aliphatic carbocycles. The Labute approximate surface area is 228 Å². The van der Waals surface area contributed by atoms with Gasteiger partial charge in [-0.2, -0.15) is 0 Å². The summed E-state index contributed by atoms with van der Waals surface area (Å²) < 4.78 is 0. The fourth-order valence-electron chi connectivity index (χ4n) is 4.24. The van der Waals surface area contributed by atoms with Gasteiger partial charge in [0, 0.05) is 16.6 Å². The van der Waals surface area contributed by atoms with Crippen LogP contribution in [0.5, 0.6) is 0 Å². The van der Waals surface area contributed by atoms with Gasteiger partial charge < -0.3 is 4.98 Å². The van der Waals surface area contributed by atoms with E-state index >= 15 is 0 Å². The molecule has 1 saturated carbocycles. The lowest BCUT2D eigenvalue weighted by Crippen LogP contribution is -2.14. The molecule has 1 aliphatic rings. The third-order valence-electron chi connectivity index (χ3n) is 6.07. The van der Waals surface area contributed by atoms with E-state index in [1.807, 2.05) is 0 Å². The minimum atomic E-state index is 0.500. The maximum Gasteiger partial charge on any atom is 0.0458 e. The van der Waals surface area contributed by atoms with Crippen molar-refractivity contribution in [2.24, 2.45) is 17.3 Å². The summed E-state index contributed by atoms with van der Waals surface area (Å²) in [5.41, 5.74) is 9.13. The molecule has 0 aliphatic heterocycles. The number of rotatable bonds is 5. The molecule has 1 aromatic carbocycles. The summed E-state index contributed by atoms with van der Waals surface area (Å²) in [6, 6.07) is 8.59. The van der Waals surface area contributed by atoms with Gasteiger partial charge in [-0.05, 0) is 93.2 Å². The average molecular weight is 514 g/mol. The molecule has 2 aromatic rings. The molecular weight excluding hydrogens is 453 g/mol. The Balaban J connectivity index is 0. The van der Waals surface area contributed by atoms with Crippen LogP contribution in [0.1, 0.15) is 105 Å². The van der Waals surface area contributed by atoms with Crippen LogP contribution in [-0.2, 0) is 12.8 Å². The number of nitrogens with one attached hydrogen (secondary N) is 1.